The molecule has 1 aliphatic carbocycles. The van der Waals surface area contributed by atoms with E-state index in [1.165, 1.54) is 17.7 Å². The van der Waals surface area contributed by atoms with Crippen molar-refractivity contribution in [1.29, 1.82) is 0 Å². The molecular formula is C26H27BrN2O3S. The summed E-state index contributed by atoms with van der Waals surface area (Å²) >= 11 is 5.16. The second kappa shape index (κ2) is 11.0. The fourth-order valence-electron chi connectivity index (χ4n) is 4.06. The standard InChI is InChI=1S/C26H27BrN2O3S/c1-31-21-15-22(32-2)20(27)14-17(21)16-28-26-24(25(30)29-18-10-6-5-7-11-18)19-12-8-3-4-9-13-23(19)33-26/h5-7,10-11,14-16H,3-4,8-9,12-13H2,1-2H3,(H,29,30). The Morgan fingerprint density at radius 1 is 1.03 bits per heavy atom. The molecule has 172 valence electrons. The van der Waals surface area contributed by atoms with Crippen molar-refractivity contribution in [3.63, 3.8) is 0 Å². The molecule has 7 heteroatoms. The number of carbonyl (C=O) groups excluding carboxylic acids is 1. The number of carbonyl (C=O) groups is 1. The van der Waals surface area contributed by atoms with Gasteiger partial charge >= 0.3 is 0 Å². The van der Waals surface area contributed by atoms with E-state index in [4.69, 9.17) is 14.5 Å². The molecule has 1 aliphatic rings. The topological polar surface area (TPSA) is 59.9 Å². The minimum atomic E-state index is -0.103. The molecule has 4 rings (SSSR count). The van der Waals surface area contributed by atoms with E-state index in [1.807, 2.05) is 42.5 Å². The van der Waals surface area contributed by atoms with E-state index in [-0.39, 0.29) is 5.91 Å². The van der Waals surface area contributed by atoms with E-state index in [1.54, 1.807) is 31.8 Å². The molecule has 0 saturated carbocycles. The van der Waals surface area contributed by atoms with Crippen LogP contribution >= 0.6 is 27.3 Å². The molecule has 1 heterocycles. The van der Waals surface area contributed by atoms with Gasteiger partial charge in [-0.3, -0.25) is 4.79 Å². The smallest absolute Gasteiger partial charge is 0.259 e. The molecule has 0 unspecified atom stereocenters. The van der Waals surface area contributed by atoms with Crippen molar-refractivity contribution in [3.8, 4) is 11.5 Å². The third-order valence-electron chi connectivity index (χ3n) is 5.74. The van der Waals surface area contributed by atoms with Gasteiger partial charge in [-0.25, -0.2) is 4.99 Å². The van der Waals surface area contributed by atoms with Crippen LogP contribution in [0.1, 0.15) is 52.0 Å². The first kappa shape index (κ1) is 23.5. The third-order valence-corrected chi connectivity index (χ3v) is 7.56. The summed E-state index contributed by atoms with van der Waals surface area (Å²) < 4.78 is 11.7. The van der Waals surface area contributed by atoms with Crippen LogP contribution in [0.3, 0.4) is 0 Å². The van der Waals surface area contributed by atoms with Gasteiger partial charge in [0.2, 0.25) is 0 Å². The number of thiophene rings is 1. The minimum absolute atomic E-state index is 0.103. The fourth-order valence-corrected chi connectivity index (χ4v) is 5.81. The van der Waals surface area contributed by atoms with Crippen LogP contribution in [0.4, 0.5) is 10.7 Å². The molecule has 0 aliphatic heterocycles. The number of nitrogens with one attached hydrogen (secondary N) is 1. The predicted molar refractivity (Wildman–Crippen MR) is 139 cm³/mol. The molecule has 0 bridgehead atoms. The van der Waals surface area contributed by atoms with E-state index in [9.17, 15) is 4.79 Å². The number of nitrogens with zero attached hydrogens (tertiary/aromatic N) is 1. The first-order chi connectivity index (χ1) is 16.1. The molecule has 0 fully saturated rings. The third kappa shape index (κ3) is 5.47. The van der Waals surface area contributed by atoms with Crippen molar-refractivity contribution in [2.45, 2.75) is 38.5 Å². The summed E-state index contributed by atoms with van der Waals surface area (Å²) in [5.74, 6) is 1.24. The summed E-state index contributed by atoms with van der Waals surface area (Å²) in [7, 11) is 3.24. The lowest BCUT2D eigenvalue weighted by molar-refractivity contribution is 0.102. The number of fused-ring (bicyclic) bond motifs is 1. The van der Waals surface area contributed by atoms with Gasteiger partial charge in [-0.2, -0.15) is 0 Å². The van der Waals surface area contributed by atoms with Crippen LogP contribution < -0.4 is 14.8 Å². The molecule has 5 nitrogen and oxygen atoms in total. The first-order valence-electron chi connectivity index (χ1n) is 11.1. The number of hydrogen-bond acceptors (Lipinski definition) is 5. The van der Waals surface area contributed by atoms with Crippen molar-refractivity contribution < 1.29 is 14.3 Å². The maximum absolute atomic E-state index is 13.4. The number of ether oxygens (including phenoxy) is 2. The number of anilines is 1. The van der Waals surface area contributed by atoms with Crippen molar-refractivity contribution in [1.82, 2.24) is 0 Å². The summed E-state index contributed by atoms with van der Waals surface area (Å²) in [6.45, 7) is 0. The van der Waals surface area contributed by atoms with Crippen molar-refractivity contribution >= 4 is 50.1 Å². The molecule has 0 atom stereocenters. The highest BCUT2D eigenvalue weighted by Crippen LogP contribution is 2.40. The second-order valence-corrected chi connectivity index (χ2v) is 9.84. The molecule has 1 aromatic heterocycles. The van der Waals surface area contributed by atoms with Gasteiger partial charge in [0.25, 0.3) is 5.91 Å². The number of benzene rings is 2. The second-order valence-electron chi connectivity index (χ2n) is 7.91. The predicted octanol–water partition coefficient (Wildman–Crippen LogP) is 7.19. The van der Waals surface area contributed by atoms with Crippen LogP contribution in [0.15, 0.2) is 51.9 Å². The average molecular weight is 527 g/mol. The van der Waals surface area contributed by atoms with Gasteiger partial charge in [0.1, 0.15) is 16.5 Å². The largest absolute Gasteiger partial charge is 0.496 e. The van der Waals surface area contributed by atoms with Crippen LogP contribution in [0.25, 0.3) is 0 Å². The van der Waals surface area contributed by atoms with Crippen LogP contribution in [0.2, 0.25) is 0 Å². The molecule has 3 aromatic rings. The van der Waals surface area contributed by atoms with Crippen molar-refractivity contribution in [3.05, 3.63) is 68.5 Å². The molecule has 1 amide bonds. The Balaban J connectivity index is 1.74. The fraction of sp³-hybridized carbons (Fsp3) is 0.308. The zero-order valence-electron chi connectivity index (χ0n) is 18.8. The summed E-state index contributed by atoms with van der Waals surface area (Å²) in [5.41, 5.74) is 3.44. The van der Waals surface area contributed by atoms with E-state index in [0.29, 0.717) is 17.1 Å². The SMILES string of the molecule is COc1cc(OC)c(C=Nc2sc3c(c2C(=O)Nc2ccccc2)CCCCCC3)cc1Br. The average Bonchev–Trinajstić information content (AvgIpc) is 3.14. The maximum Gasteiger partial charge on any atom is 0.259 e. The summed E-state index contributed by atoms with van der Waals surface area (Å²) in [4.78, 5) is 19.5. The lowest BCUT2D eigenvalue weighted by atomic mass is 9.96. The maximum atomic E-state index is 13.4. The van der Waals surface area contributed by atoms with Gasteiger partial charge in [0.05, 0.1) is 24.3 Å². The minimum Gasteiger partial charge on any atom is -0.496 e. The summed E-state index contributed by atoms with van der Waals surface area (Å²) in [6, 6.07) is 13.3. The Kier molecular flexibility index (Phi) is 7.83. The lowest BCUT2D eigenvalue weighted by Gasteiger charge is -2.12. The van der Waals surface area contributed by atoms with E-state index >= 15 is 0 Å². The molecule has 0 spiro atoms. The number of aryl methyl sites for hydroxylation is 1. The van der Waals surface area contributed by atoms with Gasteiger partial charge in [-0.1, -0.05) is 31.0 Å². The monoisotopic (exact) mass is 526 g/mol. The zero-order valence-corrected chi connectivity index (χ0v) is 21.2. The normalized spacial score (nSPS) is 13.8. The number of halogens is 1. The van der Waals surface area contributed by atoms with Gasteiger partial charge in [-0.05, 0) is 65.4 Å². The number of hydrogen-bond donors (Lipinski definition) is 1. The number of methoxy groups -OCH3 is 2. The quantitative estimate of drug-likeness (QED) is 0.345. The highest BCUT2D eigenvalue weighted by atomic mass is 79.9. The molecule has 33 heavy (non-hydrogen) atoms. The van der Waals surface area contributed by atoms with Gasteiger partial charge in [0, 0.05) is 28.4 Å². The van der Waals surface area contributed by atoms with E-state index in [0.717, 1.165) is 52.0 Å². The zero-order chi connectivity index (χ0) is 23.2. The van der Waals surface area contributed by atoms with E-state index < -0.39 is 0 Å². The highest BCUT2D eigenvalue weighted by Gasteiger charge is 2.24. The van der Waals surface area contributed by atoms with Crippen LogP contribution in [-0.4, -0.2) is 26.3 Å². The number of amides is 1. The van der Waals surface area contributed by atoms with Crippen LogP contribution in [0.5, 0.6) is 11.5 Å². The number of rotatable bonds is 6. The number of para-hydroxylation sites is 1. The molecule has 0 saturated heterocycles. The lowest BCUT2D eigenvalue weighted by Crippen LogP contribution is -2.14. The van der Waals surface area contributed by atoms with Gasteiger partial charge in [0.15, 0.2) is 0 Å². The van der Waals surface area contributed by atoms with Crippen LogP contribution in [0, 0.1) is 0 Å². The Hall–Kier alpha value is -2.64. The Labute approximate surface area is 207 Å². The van der Waals surface area contributed by atoms with Crippen molar-refractivity contribution in [2.24, 2.45) is 4.99 Å². The van der Waals surface area contributed by atoms with Crippen LogP contribution in [-0.2, 0) is 12.8 Å². The number of aliphatic imine (C=N–C) groups is 1. The van der Waals surface area contributed by atoms with E-state index in [2.05, 4.69) is 21.2 Å². The van der Waals surface area contributed by atoms with Gasteiger partial charge < -0.3 is 14.8 Å². The summed E-state index contributed by atoms with van der Waals surface area (Å²) in [5, 5.41) is 3.80. The summed E-state index contributed by atoms with van der Waals surface area (Å²) in [6.07, 6.45) is 8.35. The highest BCUT2D eigenvalue weighted by molar-refractivity contribution is 9.10. The molecular weight excluding hydrogens is 500 g/mol. The Bertz CT molecular complexity index is 1160. The molecule has 2 aromatic carbocycles. The molecule has 0 radical (unpaired) electrons. The Morgan fingerprint density at radius 3 is 2.48 bits per heavy atom. The van der Waals surface area contributed by atoms with Crippen molar-refractivity contribution in [2.75, 3.05) is 19.5 Å². The molecule has 1 N–H and O–H groups in total. The first-order valence-corrected chi connectivity index (χ1v) is 12.7. The Morgan fingerprint density at radius 2 is 1.76 bits per heavy atom. The van der Waals surface area contributed by atoms with Gasteiger partial charge in [-0.15, -0.1) is 11.3 Å².